The van der Waals surface area contributed by atoms with Crippen molar-refractivity contribution in [2.24, 2.45) is 0 Å². The summed E-state index contributed by atoms with van der Waals surface area (Å²) in [6.45, 7) is 4.25. The Kier molecular flexibility index (Phi) is 3.50. The molecule has 2 heteroatoms. The molecule has 16 heavy (non-hydrogen) atoms. The standard InChI is InChI=1S/C14H12Br2/c1-9-6-7-12(15)11(8-9)14-10(2)4-3-5-13(14)16/h3-8H,1-2H3. The smallest absolute Gasteiger partial charge is 0.0256 e. The molecule has 0 radical (unpaired) electrons. The summed E-state index contributed by atoms with van der Waals surface area (Å²) in [5, 5.41) is 0. The van der Waals surface area contributed by atoms with Crippen LogP contribution in [0.1, 0.15) is 11.1 Å². The lowest BCUT2D eigenvalue weighted by Crippen LogP contribution is -1.87. The van der Waals surface area contributed by atoms with Gasteiger partial charge in [-0.1, -0.05) is 61.7 Å². The Hall–Kier alpha value is -0.600. The number of aryl methyl sites for hydroxylation is 2. The van der Waals surface area contributed by atoms with Crippen molar-refractivity contribution in [3.05, 3.63) is 56.5 Å². The van der Waals surface area contributed by atoms with Gasteiger partial charge in [0.25, 0.3) is 0 Å². The maximum absolute atomic E-state index is 3.62. The van der Waals surface area contributed by atoms with Crippen LogP contribution in [0, 0.1) is 13.8 Å². The van der Waals surface area contributed by atoms with Gasteiger partial charge in [-0.3, -0.25) is 0 Å². The van der Waals surface area contributed by atoms with Gasteiger partial charge in [-0.25, -0.2) is 0 Å². The van der Waals surface area contributed by atoms with E-state index in [0.29, 0.717) is 0 Å². The van der Waals surface area contributed by atoms with Crippen LogP contribution in [0.4, 0.5) is 0 Å². The highest BCUT2D eigenvalue weighted by Gasteiger charge is 2.09. The topological polar surface area (TPSA) is 0 Å². The van der Waals surface area contributed by atoms with Gasteiger partial charge in [0.1, 0.15) is 0 Å². The van der Waals surface area contributed by atoms with E-state index in [1.807, 2.05) is 0 Å². The van der Waals surface area contributed by atoms with E-state index in [-0.39, 0.29) is 0 Å². The average Bonchev–Trinajstić information content (AvgIpc) is 2.23. The minimum absolute atomic E-state index is 1.13. The Morgan fingerprint density at radius 1 is 0.875 bits per heavy atom. The lowest BCUT2D eigenvalue weighted by molar-refractivity contribution is 1.40. The highest BCUT2D eigenvalue weighted by atomic mass is 79.9. The number of benzene rings is 2. The zero-order chi connectivity index (χ0) is 11.7. The summed E-state index contributed by atoms with van der Waals surface area (Å²) in [6.07, 6.45) is 0. The molecule has 0 spiro atoms. The molecule has 0 atom stereocenters. The first-order chi connectivity index (χ1) is 7.59. The summed E-state index contributed by atoms with van der Waals surface area (Å²) in [6, 6.07) is 12.7. The minimum Gasteiger partial charge on any atom is -0.0608 e. The molecule has 0 nitrogen and oxygen atoms in total. The van der Waals surface area contributed by atoms with Gasteiger partial charge in [0.2, 0.25) is 0 Å². The molecular weight excluding hydrogens is 328 g/mol. The Balaban J connectivity index is 2.72. The van der Waals surface area contributed by atoms with Crippen LogP contribution in [-0.2, 0) is 0 Å². The summed E-state index contributed by atoms with van der Waals surface area (Å²) in [4.78, 5) is 0. The number of halogens is 2. The van der Waals surface area contributed by atoms with Crippen molar-refractivity contribution in [3.63, 3.8) is 0 Å². The quantitative estimate of drug-likeness (QED) is 0.644. The fraction of sp³-hybridized carbons (Fsp3) is 0.143. The van der Waals surface area contributed by atoms with Crippen molar-refractivity contribution in [2.45, 2.75) is 13.8 Å². The lowest BCUT2D eigenvalue weighted by atomic mass is 9.99. The predicted octanol–water partition coefficient (Wildman–Crippen LogP) is 5.50. The van der Waals surface area contributed by atoms with Crippen LogP contribution >= 0.6 is 31.9 Å². The zero-order valence-corrected chi connectivity index (χ0v) is 12.4. The van der Waals surface area contributed by atoms with Crippen LogP contribution in [0.15, 0.2) is 45.3 Å². The molecule has 82 valence electrons. The summed E-state index contributed by atoms with van der Waals surface area (Å²) < 4.78 is 2.27. The fourth-order valence-electron chi connectivity index (χ4n) is 1.80. The molecule has 0 saturated heterocycles. The second kappa shape index (κ2) is 4.72. The fourth-order valence-corrected chi connectivity index (χ4v) is 2.93. The van der Waals surface area contributed by atoms with Crippen molar-refractivity contribution in [1.29, 1.82) is 0 Å². The first-order valence-electron chi connectivity index (χ1n) is 5.11. The third-order valence-corrected chi connectivity index (χ3v) is 3.97. The normalized spacial score (nSPS) is 10.5. The Bertz CT molecular complexity index is 510. The molecule has 0 aliphatic carbocycles. The first kappa shape index (κ1) is 11.9. The third-order valence-electron chi connectivity index (χ3n) is 2.61. The Morgan fingerprint density at radius 2 is 1.62 bits per heavy atom. The molecular formula is C14H12Br2. The van der Waals surface area contributed by atoms with Crippen LogP contribution in [0.3, 0.4) is 0 Å². The second-order valence-electron chi connectivity index (χ2n) is 3.92. The zero-order valence-electron chi connectivity index (χ0n) is 9.22. The molecule has 2 aromatic rings. The summed E-state index contributed by atoms with van der Waals surface area (Å²) in [7, 11) is 0. The SMILES string of the molecule is Cc1ccc(Br)c(-c2c(C)cccc2Br)c1. The van der Waals surface area contributed by atoms with E-state index in [0.717, 1.165) is 8.95 Å². The van der Waals surface area contributed by atoms with Gasteiger partial charge in [-0.15, -0.1) is 0 Å². The summed E-state index contributed by atoms with van der Waals surface area (Å²) in [5.41, 5.74) is 5.05. The van der Waals surface area contributed by atoms with Gasteiger partial charge in [-0.05, 0) is 42.7 Å². The van der Waals surface area contributed by atoms with Crippen LogP contribution < -0.4 is 0 Å². The molecule has 0 bridgehead atoms. The van der Waals surface area contributed by atoms with Crippen LogP contribution in [0.2, 0.25) is 0 Å². The molecule has 0 fully saturated rings. The molecule has 0 saturated carbocycles. The molecule has 0 aromatic heterocycles. The number of rotatable bonds is 1. The highest BCUT2D eigenvalue weighted by molar-refractivity contribution is 9.11. The number of hydrogen-bond donors (Lipinski definition) is 0. The second-order valence-corrected chi connectivity index (χ2v) is 5.62. The minimum atomic E-state index is 1.13. The molecule has 0 heterocycles. The first-order valence-corrected chi connectivity index (χ1v) is 6.70. The molecule has 0 amide bonds. The van der Waals surface area contributed by atoms with E-state index in [9.17, 15) is 0 Å². The van der Waals surface area contributed by atoms with Gasteiger partial charge in [-0.2, -0.15) is 0 Å². The average molecular weight is 340 g/mol. The van der Waals surface area contributed by atoms with Crippen molar-refractivity contribution in [2.75, 3.05) is 0 Å². The van der Waals surface area contributed by atoms with Crippen LogP contribution in [0.5, 0.6) is 0 Å². The van der Waals surface area contributed by atoms with Crippen molar-refractivity contribution >= 4 is 31.9 Å². The van der Waals surface area contributed by atoms with Crippen LogP contribution in [0.25, 0.3) is 11.1 Å². The third kappa shape index (κ3) is 2.23. The van der Waals surface area contributed by atoms with Crippen molar-refractivity contribution in [3.8, 4) is 11.1 Å². The molecule has 0 unspecified atom stereocenters. The van der Waals surface area contributed by atoms with Gasteiger partial charge >= 0.3 is 0 Å². The molecule has 2 aromatic carbocycles. The predicted molar refractivity (Wildman–Crippen MR) is 76.8 cm³/mol. The maximum Gasteiger partial charge on any atom is 0.0256 e. The van der Waals surface area contributed by atoms with E-state index in [2.05, 4.69) is 82.1 Å². The van der Waals surface area contributed by atoms with Crippen molar-refractivity contribution in [1.82, 2.24) is 0 Å². The van der Waals surface area contributed by atoms with Gasteiger partial charge in [0.05, 0.1) is 0 Å². The molecule has 2 rings (SSSR count). The Morgan fingerprint density at radius 3 is 2.31 bits per heavy atom. The van der Waals surface area contributed by atoms with E-state index < -0.39 is 0 Å². The Labute approximate surface area is 113 Å². The van der Waals surface area contributed by atoms with E-state index >= 15 is 0 Å². The van der Waals surface area contributed by atoms with Crippen molar-refractivity contribution < 1.29 is 0 Å². The monoisotopic (exact) mass is 338 g/mol. The van der Waals surface area contributed by atoms with Gasteiger partial charge in [0.15, 0.2) is 0 Å². The van der Waals surface area contributed by atoms with E-state index in [4.69, 9.17) is 0 Å². The summed E-state index contributed by atoms with van der Waals surface area (Å²) in [5.74, 6) is 0. The van der Waals surface area contributed by atoms with Crippen LogP contribution in [-0.4, -0.2) is 0 Å². The highest BCUT2D eigenvalue weighted by Crippen LogP contribution is 2.36. The molecule has 0 aliphatic heterocycles. The lowest BCUT2D eigenvalue weighted by Gasteiger charge is -2.11. The maximum atomic E-state index is 3.62. The number of hydrogen-bond acceptors (Lipinski definition) is 0. The molecule has 0 aliphatic rings. The summed E-state index contributed by atoms with van der Waals surface area (Å²) >= 11 is 7.24. The molecule has 0 N–H and O–H groups in total. The van der Waals surface area contributed by atoms with E-state index in [1.165, 1.54) is 22.3 Å². The largest absolute Gasteiger partial charge is 0.0608 e. The van der Waals surface area contributed by atoms with Gasteiger partial charge < -0.3 is 0 Å². The van der Waals surface area contributed by atoms with E-state index in [1.54, 1.807) is 0 Å². The van der Waals surface area contributed by atoms with Gasteiger partial charge in [0, 0.05) is 8.95 Å².